The molecule has 4 nitrogen and oxygen atoms in total. The van der Waals surface area contributed by atoms with Crippen LogP contribution in [0, 0.1) is 12.8 Å². The maximum atomic E-state index is 12.6. The molecule has 1 fully saturated rings. The van der Waals surface area contributed by atoms with Crippen molar-refractivity contribution < 1.29 is 9.59 Å². The summed E-state index contributed by atoms with van der Waals surface area (Å²) in [5.74, 6) is 0.0992. The van der Waals surface area contributed by atoms with Crippen LogP contribution in [0.2, 0.25) is 0 Å². The topological polar surface area (TPSA) is 49.4 Å². The maximum Gasteiger partial charge on any atom is 0.225 e. The molecule has 0 radical (unpaired) electrons. The third-order valence-electron chi connectivity index (χ3n) is 5.37. The van der Waals surface area contributed by atoms with Crippen molar-refractivity contribution in [3.63, 3.8) is 0 Å². The molecular formula is C23H28N2O2. The van der Waals surface area contributed by atoms with Crippen LogP contribution in [0.15, 0.2) is 54.6 Å². The van der Waals surface area contributed by atoms with E-state index in [0.29, 0.717) is 32.0 Å². The smallest absolute Gasteiger partial charge is 0.225 e. The molecule has 4 heteroatoms. The van der Waals surface area contributed by atoms with Gasteiger partial charge in [0.15, 0.2) is 0 Å². The SMILES string of the molecule is CCC(CNC(=O)C1CC(=O)N(Cc2ccc(C)cc2)C1)c1ccccc1. The third kappa shape index (κ3) is 4.97. The fourth-order valence-corrected chi connectivity index (χ4v) is 3.61. The van der Waals surface area contributed by atoms with Gasteiger partial charge < -0.3 is 10.2 Å². The zero-order valence-corrected chi connectivity index (χ0v) is 16.2. The molecule has 1 aliphatic heterocycles. The van der Waals surface area contributed by atoms with Crippen molar-refractivity contribution in [3.05, 3.63) is 71.3 Å². The Hall–Kier alpha value is -2.62. The van der Waals surface area contributed by atoms with Crippen LogP contribution in [0.4, 0.5) is 0 Å². The third-order valence-corrected chi connectivity index (χ3v) is 5.37. The Morgan fingerprint density at radius 3 is 2.52 bits per heavy atom. The number of aryl methyl sites for hydroxylation is 1. The highest BCUT2D eigenvalue weighted by atomic mass is 16.2. The van der Waals surface area contributed by atoms with Crippen LogP contribution in [0.5, 0.6) is 0 Å². The van der Waals surface area contributed by atoms with Crippen LogP contribution in [0.3, 0.4) is 0 Å². The summed E-state index contributed by atoms with van der Waals surface area (Å²) in [7, 11) is 0. The summed E-state index contributed by atoms with van der Waals surface area (Å²) in [6, 6.07) is 18.4. The van der Waals surface area contributed by atoms with Crippen molar-refractivity contribution in [3.8, 4) is 0 Å². The average Bonchev–Trinajstić information content (AvgIpc) is 3.05. The number of likely N-dealkylation sites (tertiary alicyclic amines) is 1. The van der Waals surface area contributed by atoms with E-state index in [4.69, 9.17) is 0 Å². The van der Waals surface area contributed by atoms with E-state index in [2.05, 4.69) is 36.5 Å². The van der Waals surface area contributed by atoms with Crippen LogP contribution in [0.25, 0.3) is 0 Å². The van der Waals surface area contributed by atoms with E-state index in [1.165, 1.54) is 11.1 Å². The lowest BCUT2D eigenvalue weighted by Gasteiger charge is -2.19. The van der Waals surface area contributed by atoms with Gasteiger partial charge in [-0.25, -0.2) is 0 Å². The van der Waals surface area contributed by atoms with Gasteiger partial charge in [0.25, 0.3) is 0 Å². The molecule has 0 aromatic heterocycles. The molecule has 1 aliphatic rings. The summed E-state index contributed by atoms with van der Waals surface area (Å²) in [5.41, 5.74) is 3.54. The summed E-state index contributed by atoms with van der Waals surface area (Å²) in [5, 5.41) is 3.07. The summed E-state index contributed by atoms with van der Waals surface area (Å²) < 4.78 is 0. The van der Waals surface area contributed by atoms with Gasteiger partial charge in [0.05, 0.1) is 5.92 Å². The predicted molar refractivity (Wildman–Crippen MR) is 107 cm³/mol. The molecule has 2 aromatic rings. The normalized spacial score (nSPS) is 17.8. The quantitative estimate of drug-likeness (QED) is 0.815. The number of hydrogen-bond donors (Lipinski definition) is 1. The van der Waals surface area contributed by atoms with Crippen molar-refractivity contribution in [1.82, 2.24) is 10.2 Å². The molecule has 1 N–H and O–H groups in total. The van der Waals surface area contributed by atoms with Crippen LogP contribution in [-0.2, 0) is 16.1 Å². The van der Waals surface area contributed by atoms with Crippen LogP contribution >= 0.6 is 0 Å². The van der Waals surface area contributed by atoms with E-state index >= 15 is 0 Å². The van der Waals surface area contributed by atoms with Crippen molar-refractivity contribution >= 4 is 11.8 Å². The lowest BCUT2D eigenvalue weighted by molar-refractivity contribution is -0.129. The lowest BCUT2D eigenvalue weighted by atomic mass is 9.96. The lowest BCUT2D eigenvalue weighted by Crippen LogP contribution is -2.35. The van der Waals surface area contributed by atoms with Gasteiger partial charge in [-0.15, -0.1) is 0 Å². The van der Waals surface area contributed by atoms with Crippen molar-refractivity contribution in [2.75, 3.05) is 13.1 Å². The van der Waals surface area contributed by atoms with Gasteiger partial charge >= 0.3 is 0 Å². The second-order valence-corrected chi connectivity index (χ2v) is 7.42. The summed E-state index contributed by atoms with van der Waals surface area (Å²) >= 11 is 0. The molecule has 3 rings (SSSR count). The molecule has 0 aliphatic carbocycles. The van der Waals surface area contributed by atoms with Gasteiger partial charge in [0.1, 0.15) is 0 Å². The molecular weight excluding hydrogens is 336 g/mol. The highest BCUT2D eigenvalue weighted by Gasteiger charge is 2.34. The van der Waals surface area contributed by atoms with Crippen LogP contribution < -0.4 is 5.32 Å². The Labute approximate surface area is 161 Å². The van der Waals surface area contributed by atoms with Crippen molar-refractivity contribution in [2.24, 2.45) is 5.92 Å². The van der Waals surface area contributed by atoms with Crippen LogP contribution in [0.1, 0.15) is 42.4 Å². The molecule has 0 saturated carbocycles. The Balaban J connectivity index is 1.53. The monoisotopic (exact) mass is 364 g/mol. The van der Waals surface area contributed by atoms with Gasteiger partial charge in [-0.3, -0.25) is 9.59 Å². The van der Waals surface area contributed by atoms with Crippen molar-refractivity contribution in [1.29, 1.82) is 0 Å². The number of carbonyl (C=O) groups is 2. The van der Waals surface area contributed by atoms with Gasteiger partial charge in [-0.1, -0.05) is 67.1 Å². The molecule has 2 amide bonds. The zero-order chi connectivity index (χ0) is 19.2. The number of rotatable bonds is 7. The number of carbonyl (C=O) groups excluding carboxylic acids is 2. The van der Waals surface area contributed by atoms with E-state index in [1.54, 1.807) is 4.90 Å². The fourth-order valence-electron chi connectivity index (χ4n) is 3.61. The molecule has 0 bridgehead atoms. The molecule has 1 heterocycles. The second-order valence-electron chi connectivity index (χ2n) is 7.42. The minimum Gasteiger partial charge on any atom is -0.355 e. The van der Waals surface area contributed by atoms with Gasteiger partial charge in [0.2, 0.25) is 11.8 Å². The summed E-state index contributed by atoms with van der Waals surface area (Å²) in [4.78, 5) is 26.7. The zero-order valence-electron chi connectivity index (χ0n) is 16.2. The standard InChI is InChI=1S/C23H28N2O2/c1-3-19(20-7-5-4-6-8-20)14-24-23(27)21-13-22(26)25(16-21)15-18-11-9-17(2)10-12-18/h4-12,19,21H,3,13-16H2,1-2H3,(H,24,27). The molecule has 2 unspecified atom stereocenters. The molecule has 27 heavy (non-hydrogen) atoms. The van der Waals surface area contributed by atoms with E-state index < -0.39 is 0 Å². The van der Waals surface area contributed by atoms with Crippen molar-refractivity contribution in [2.45, 2.75) is 39.2 Å². The first-order valence-electron chi connectivity index (χ1n) is 9.72. The van der Waals surface area contributed by atoms with E-state index in [1.807, 2.05) is 37.3 Å². The number of nitrogens with zero attached hydrogens (tertiary/aromatic N) is 1. The highest BCUT2D eigenvalue weighted by Crippen LogP contribution is 2.22. The van der Waals surface area contributed by atoms with E-state index in [9.17, 15) is 9.59 Å². The Morgan fingerprint density at radius 1 is 1.15 bits per heavy atom. The second kappa shape index (κ2) is 8.85. The van der Waals surface area contributed by atoms with E-state index in [-0.39, 0.29) is 17.7 Å². The van der Waals surface area contributed by atoms with Gasteiger partial charge in [0, 0.05) is 32.0 Å². The molecule has 2 atom stereocenters. The minimum atomic E-state index is -0.253. The number of benzene rings is 2. The summed E-state index contributed by atoms with van der Waals surface area (Å²) in [6.45, 7) is 5.86. The van der Waals surface area contributed by atoms with E-state index in [0.717, 1.165) is 12.0 Å². The first-order valence-corrected chi connectivity index (χ1v) is 9.72. The summed E-state index contributed by atoms with van der Waals surface area (Å²) in [6.07, 6.45) is 1.27. The Bertz CT molecular complexity index is 771. The average molecular weight is 364 g/mol. The highest BCUT2D eigenvalue weighted by molar-refractivity contribution is 5.89. The number of amides is 2. The van der Waals surface area contributed by atoms with Gasteiger partial charge in [-0.2, -0.15) is 0 Å². The Morgan fingerprint density at radius 2 is 1.85 bits per heavy atom. The molecule has 1 saturated heterocycles. The van der Waals surface area contributed by atoms with Gasteiger partial charge in [-0.05, 0) is 24.5 Å². The largest absolute Gasteiger partial charge is 0.355 e. The fraction of sp³-hybridized carbons (Fsp3) is 0.391. The maximum absolute atomic E-state index is 12.6. The number of nitrogens with one attached hydrogen (secondary N) is 1. The predicted octanol–water partition coefficient (Wildman–Crippen LogP) is 3.65. The van der Waals surface area contributed by atoms with Crippen LogP contribution in [-0.4, -0.2) is 29.8 Å². The number of hydrogen-bond acceptors (Lipinski definition) is 2. The first kappa shape index (κ1) is 19.2. The minimum absolute atomic E-state index is 0.0101. The molecule has 142 valence electrons. The first-order chi connectivity index (χ1) is 13.1. The molecule has 2 aromatic carbocycles. The Kier molecular flexibility index (Phi) is 6.28. The molecule has 0 spiro atoms.